The van der Waals surface area contributed by atoms with Crippen molar-refractivity contribution >= 4 is 29.3 Å². The van der Waals surface area contributed by atoms with Crippen LogP contribution in [0.3, 0.4) is 0 Å². The molecule has 1 atom stereocenters. The number of ether oxygens (including phenoxy) is 1. The standard InChI is InChI=1S/C10H11ClO2S/c1-10(11,9(12)13-2)14-8-6-4-3-5-7-8/h3-7H,1-2H3. The van der Waals surface area contributed by atoms with E-state index in [1.165, 1.54) is 18.9 Å². The summed E-state index contributed by atoms with van der Waals surface area (Å²) in [4.78, 5) is 12.2. The van der Waals surface area contributed by atoms with Crippen LogP contribution in [0.1, 0.15) is 6.92 Å². The fourth-order valence-electron chi connectivity index (χ4n) is 0.934. The summed E-state index contributed by atoms with van der Waals surface area (Å²) in [5.74, 6) is -0.437. The zero-order valence-electron chi connectivity index (χ0n) is 7.99. The monoisotopic (exact) mass is 230 g/mol. The number of halogens is 1. The van der Waals surface area contributed by atoms with Gasteiger partial charge in [-0.1, -0.05) is 41.6 Å². The molecule has 0 aliphatic rings. The van der Waals surface area contributed by atoms with Gasteiger partial charge in [0.15, 0.2) is 4.21 Å². The fourth-order valence-corrected chi connectivity index (χ4v) is 2.18. The van der Waals surface area contributed by atoms with Gasteiger partial charge in [0.2, 0.25) is 0 Å². The third-order valence-electron chi connectivity index (χ3n) is 1.60. The van der Waals surface area contributed by atoms with Crippen LogP contribution in [0.5, 0.6) is 0 Å². The van der Waals surface area contributed by atoms with Crippen molar-refractivity contribution in [3.8, 4) is 0 Å². The van der Waals surface area contributed by atoms with Crippen molar-refractivity contribution < 1.29 is 9.53 Å². The molecule has 76 valence electrons. The lowest BCUT2D eigenvalue weighted by molar-refractivity contribution is -0.140. The molecule has 0 N–H and O–H groups in total. The van der Waals surface area contributed by atoms with E-state index in [-0.39, 0.29) is 0 Å². The van der Waals surface area contributed by atoms with E-state index < -0.39 is 10.2 Å². The van der Waals surface area contributed by atoms with Crippen molar-refractivity contribution in [3.05, 3.63) is 30.3 Å². The summed E-state index contributed by atoms with van der Waals surface area (Å²) in [5, 5.41) is 0. The highest BCUT2D eigenvalue weighted by Gasteiger charge is 2.32. The van der Waals surface area contributed by atoms with E-state index >= 15 is 0 Å². The van der Waals surface area contributed by atoms with E-state index in [2.05, 4.69) is 4.74 Å². The van der Waals surface area contributed by atoms with Crippen LogP contribution in [0, 0.1) is 0 Å². The third kappa shape index (κ3) is 2.93. The van der Waals surface area contributed by atoms with Gasteiger partial charge in [-0.3, -0.25) is 0 Å². The first-order valence-corrected chi connectivity index (χ1v) is 5.27. The molecular weight excluding hydrogens is 220 g/mol. The number of benzene rings is 1. The Bertz CT molecular complexity index is 311. The van der Waals surface area contributed by atoms with Crippen LogP contribution in [0.15, 0.2) is 35.2 Å². The highest BCUT2D eigenvalue weighted by Crippen LogP contribution is 2.36. The molecule has 0 saturated heterocycles. The number of rotatable bonds is 3. The van der Waals surface area contributed by atoms with Crippen molar-refractivity contribution in [2.75, 3.05) is 7.11 Å². The maximum Gasteiger partial charge on any atom is 0.337 e. The Morgan fingerprint density at radius 2 is 2.00 bits per heavy atom. The third-order valence-corrected chi connectivity index (χ3v) is 3.05. The van der Waals surface area contributed by atoms with E-state index in [0.717, 1.165) is 4.90 Å². The van der Waals surface area contributed by atoms with Crippen LogP contribution in [-0.2, 0) is 9.53 Å². The zero-order valence-corrected chi connectivity index (χ0v) is 9.56. The first-order valence-electron chi connectivity index (χ1n) is 4.07. The Morgan fingerprint density at radius 1 is 1.43 bits per heavy atom. The summed E-state index contributed by atoms with van der Waals surface area (Å²) in [6.45, 7) is 1.62. The van der Waals surface area contributed by atoms with Crippen LogP contribution in [0.25, 0.3) is 0 Å². The first kappa shape index (κ1) is 11.4. The van der Waals surface area contributed by atoms with Gasteiger partial charge in [-0.2, -0.15) is 0 Å². The van der Waals surface area contributed by atoms with E-state index in [0.29, 0.717) is 0 Å². The predicted octanol–water partition coefficient (Wildman–Crippen LogP) is 2.91. The molecule has 2 nitrogen and oxygen atoms in total. The molecular formula is C10H11ClO2S. The topological polar surface area (TPSA) is 26.3 Å². The SMILES string of the molecule is COC(=O)C(C)(Cl)Sc1ccccc1. The average Bonchev–Trinajstić information content (AvgIpc) is 2.17. The molecule has 0 amide bonds. The second kappa shape index (κ2) is 4.71. The lowest BCUT2D eigenvalue weighted by Crippen LogP contribution is -2.25. The number of carbonyl (C=O) groups is 1. The molecule has 0 saturated carbocycles. The van der Waals surface area contributed by atoms with Crippen LogP contribution in [0.4, 0.5) is 0 Å². The quantitative estimate of drug-likeness (QED) is 0.454. The Kier molecular flexibility index (Phi) is 3.84. The highest BCUT2D eigenvalue weighted by atomic mass is 35.5. The summed E-state index contributed by atoms with van der Waals surface area (Å²) in [6, 6.07) is 9.50. The zero-order chi connectivity index (χ0) is 10.6. The largest absolute Gasteiger partial charge is 0.467 e. The molecule has 0 aromatic heterocycles. The van der Waals surface area contributed by atoms with E-state index in [9.17, 15) is 4.79 Å². The number of carbonyl (C=O) groups excluding carboxylic acids is 1. The number of methoxy groups -OCH3 is 1. The minimum atomic E-state index is -1.06. The van der Waals surface area contributed by atoms with Crippen molar-refractivity contribution in [3.63, 3.8) is 0 Å². The molecule has 0 heterocycles. The van der Waals surface area contributed by atoms with Gasteiger partial charge in [-0.15, -0.1) is 0 Å². The lowest BCUT2D eigenvalue weighted by Gasteiger charge is -2.17. The Balaban J connectivity index is 2.73. The average molecular weight is 231 g/mol. The lowest BCUT2D eigenvalue weighted by atomic mass is 10.4. The molecule has 0 spiro atoms. The van der Waals surface area contributed by atoms with Gasteiger partial charge in [-0.25, -0.2) is 4.79 Å². The number of hydrogen-bond acceptors (Lipinski definition) is 3. The van der Waals surface area contributed by atoms with Crippen LogP contribution in [0.2, 0.25) is 0 Å². The first-order chi connectivity index (χ1) is 6.56. The minimum absolute atomic E-state index is 0.437. The van der Waals surface area contributed by atoms with Gasteiger partial charge >= 0.3 is 5.97 Å². The van der Waals surface area contributed by atoms with Gasteiger partial charge in [0, 0.05) is 4.90 Å². The maximum atomic E-state index is 11.3. The minimum Gasteiger partial charge on any atom is -0.467 e. The maximum absolute atomic E-state index is 11.3. The van der Waals surface area contributed by atoms with Gasteiger partial charge < -0.3 is 4.74 Å². The van der Waals surface area contributed by atoms with Crippen LogP contribution < -0.4 is 0 Å². The van der Waals surface area contributed by atoms with Gasteiger partial charge in [0.25, 0.3) is 0 Å². The van der Waals surface area contributed by atoms with Gasteiger partial charge in [0.1, 0.15) is 0 Å². The molecule has 0 fully saturated rings. The second-order valence-corrected chi connectivity index (χ2v) is 5.30. The fraction of sp³-hybridized carbons (Fsp3) is 0.300. The summed E-state index contributed by atoms with van der Waals surface area (Å²) in [7, 11) is 1.33. The number of thioether (sulfide) groups is 1. The number of esters is 1. The molecule has 1 unspecified atom stereocenters. The van der Waals surface area contributed by atoms with Gasteiger partial charge in [-0.05, 0) is 19.1 Å². The molecule has 0 aliphatic heterocycles. The normalized spacial score (nSPS) is 14.5. The predicted molar refractivity (Wildman–Crippen MR) is 58.6 cm³/mol. The van der Waals surface area contributed by atoms with Crippen LogP contribution >= 0.6 is 23.4 Å². The van der Waals surface area contributed by atoms with Crippen molar-refractivity contribution in [2.24, 2.45) is 0 Å². The smallest absolute Gasteiger partial charge is 0.337 e. The molecule has 14 heavy (non-hydrogen) atoms. The van der Waals surface area contributed by atoms with Crippen molar-refractivity contribution in [2.45, 2.75) is 16.0 Å². The van der Waals surface area contributed by atoms with Crippen molar-refractivity contribution in [1.82, 2.24) is 0 Å². The molecule has 1 rings (SSSR count). The summed E-state index contributed by atoms with van der Waals surface area (Å²) in [6.07, 6.45) is 0. The van der Waals surface area contributed by atoms with Crippen LogP contribution in [-0.4, -0.2) is 17.3 Å². The van der Waals surface area contributed by atoms with Crippen molar-refractivity contribution in [1.29, 1.82) is 0 Å². The molecule has 0 bridgehead atoms. The van der Waals surface area contributed by atoms with Gasteiger partial charge in [0.05, 0.1) is 7.11 Å². The number of hydrogen-bond donors (Lipinski definition) is 0. The highest BCUT2D eigenvalue weighted by molar-refractivity contribution is 8.02. The number of alkyl halides is 1. The molecule has 4 heteroatoms. The molecule has 0 radical (unpaired) electrons. The summed E-state index contributed by atoms with van der Waals surface area (Å²) < 4.78 is 3.54. The van der Waals surface area contributed by atoms with E-state index in [1.807, 2.05) is 30.3 Å². The Labute approximate surface area is 92.6 Å². The van der Waals surface area contributed by atoms with E-state index in [1.54, 1.807) is 6.92 Å². The Morgan fingerprint density at radius 3 is 2.50 bits per heavy atom. The van der Waals surface area contributed by atoms with E-state index in [4.69, 9.17) is 11.6 Å². The molecule has 1 aromatic rings. The summed E-state index contributed by atoms with van der Waals surface area (Å²) in [5.41, 5.74) is 0. The second-order valence-electron chi connectivity index (χ2n) is 2.82. The summed E-state index contributed by atoms with van der Waals surface area (Å²) >= 11 is 7.28. The molecule has 0 aliphatic carbocycles. The Hall–Kier alpha value is -0.670. The molecule has 1 aromatic carbocycles.